The molecule has 0 aromatic heterocycles. The number of hydrogen-bond acceptors (Lipinski definition) is 3. The van der Waals surface area contributed by atoms with Gasteiger partial charge in [0.2, 0.25) is 0 Å². The molecule has 1 aliphatic heterocycles. The molecule has 0 atom stereocenters. The molecule has 0 amide bonds. The Hall–Kier alpha value is -0.340. The standard InChI is InChI=1S/C3H7N.CHF3O3S/c1-2-4-3-1;2-1(3,4)8(5,6)7/h4H,1-3H2;(H,5,6,7). The lowest BCUT2D eigenvalue weighted by molar-refractivity contribution is -0.705. The first-order valence-electron chi connectivity index (χ1n) is 3.09. The Morgan fingerprint density at radius 2 is 1.42 bits per heavy atom. The van der Waals surface area contributed by atoms with Gasteiger partial charge in [0.15, 0.2) is 10.1 Å². The van der Waals surface area contributed by atoms with Crippen molar-refractivity contribution in [2.75, 3.05) is 13.1 Å². The number of hydrogen-bond donors (Lipinski definition) is 1. The zero-order valence-corrected chi connectivity index (χ0v) is 6.78. The van der Waals surface area contributed by atoms with Crippen molar-refractivity contribution < 1.29 is 31.5 Å². The number of quaternary nitrogens is 1. The maximum atomic E-state index is 10.7. The van der Waals surface area contributed by atoms with Gasteiger partial charge in [0, 0.05) is 6.42 Å². The van der Waals surface area contributed by atoms with Crippen molar-refractivity contribution in [3.8, 4) is 0 Å². The van der Waals surface area contributed by atoms with Gasteiger partial charge in [-0.3, -0.25) is 0 Å². The Bertz CT molecular complexity index is 214. The molecule has 0 unspecified atom stereocenters. The zero-order valence-electron chi connectivity index (χ0n) is 5.97. The Labute approximate surface area is 67.5 Å². The van der Waals surface area contributed by atoms with E-state index in [2.05, 4.69) is 5.32 Å². The van der Waals surface area contributed by atoms with Crippen LogP contribution < -0.4 is 5.32 Å². The minimum Gasteiger partial charge on any atom is -0.741 e. The van der Waals surface area contributed by atoms with E-state index in [1.54, 1.807) is 0 Å². The van der Waals surface area contributed by atoms with Gasteiger partial charge >= 0.3 is 5.51 Å². The van der Waals surface area contributed by atoms with E-state index in [1.807, 2.05) is 0 Å². The van der Waals surface area contributed by atoms with Crippen LogP contribution in [-0.2, 0) is 10.1 Å². The smallest absolute Gasteiger partial charge is 0.485 e. The average molecular weight is 207 g/mol. The molecule has 1 aliphatic rings. The van der Waals surface area contributed by atoms with Crippen molar-refractivity contribution in [2.45, 2.75) is 11.9 Å². The van der Waals surface area contributed by atoms with E-state index in [9.17, 15) is 13.2 Å². The van der Waals surface area contributed by atoms with Gasteiger partial charge in [-0.25, -0.2) is 8.42 Å². The summed E-state index contributed by atoms with van der Waals surface area (Å²) < 4.78 is 58.9. The third-order valence-electron chi connectivity index (χ3n) is 1.10. The molecule has 0 saturated carbocycles. The van der Waals surface area contributed by atoms with Crippen molar-refractivity contribution in [1.29, 1.82) is 0 Å². The third-order valence-corrected chi connectivity index (χ3v) is 1.67. The fourth-order valence-corrected chi connectivity index (χ4v) is 0.204. The maximum absolute atomic E-state index is 10.7. The summed E-state index contributed by atoms with van der Waals surface area (Å²) in [6.07, 6.45) is 1.44. The predicted molar refractivity (Wildman–Crippen MR) is 32.0 cm³/mol. The molecular weight excluding hydrogens is 199 g/mol. The number of alkyl halides is 3. The van der Waals surface area contributed by atoms with Gasteiger partial charge in [-0.05, 0) is 0 Å². The van der Waals surface area contributed by atoms with Crippen LogP contribution >= 0.6 is 0 Å². The zero-order chi connectivity index (χ0) is 9.83. The van der Waals surface area contributed by atoms with E-state index < -0.39 is 15.6 Å². The highest BCUT2D eigenvalue weighted by atomic mass is 32.2. The molecule has 0 aromatic rings. The molecule has 0 aliphatic carbocycles. The lowest BCUT2D eigenvalue weighted by Gasteiger charge is -2.08. The molecule has 0 bridgehead atoms. The quantitative estimate of drug-likeness (QED) is 0.409. The summed E-state index contributed by atoms with van der Waals surface area (Å²) >= 11 is 0. The molecule has 74 valence electrons. The largest absolute Gasteiger partial charge is 0.741 e. The first-order chi connectivity index (χ1) is 5.25. The second-order valence-electron chi connectivity index (χ2n) is 2.12. The highest BCUT2D eigenvalue weighted by molar-refractivity contribution is 7.86. The van der Waals surface area contributed by atoms with Crippen molar-refractivity contribution in [1.82, 2.24) is 0 Å². The fourth-order valence-electron chi connectivity index (χ4n) is 0.204. The normalized spacial score (nSPS) is 17.3. The first-order valence-corrected chi connectivity index (χ1v) is 4.50. The molecule has 1 heterocycles. The van der Waals surface area contributed by atoms with Crippen LogP contribution in [0.25, 0.3) is 0 Å². The van der Waals surface area contributed by atoms with Crippen molar-refractivity contribution >= 4 is 10.1 Å². The summed E-state index contributed by atoms with van der Waals surface area (Å²) in [5.41, 5.74) is -5.65. The van der Waals surface area contributed by atoms with Gasteiger partial charge in [-0.2, -0.15) is 13.2 Å². The molecular formula is C4H8F3NO3S. The minimum atomic E-state index is -6.09. The average Bonchev–Trinajstić information content (AvgIpc) is 1.50. The van der Waals surface area contributed by atoms with Gasteiger partial charge in [-0.15, -0.1) is 0 Å². The second-order valence-corrected chi connectivity index (χ2v) is 3.49. The van der Waals surface area contributed by atoms with Crippen LogP contribution in [0.4, 0.5) is 13.2 Å². The van der Waals surface area contributed by atoms with E-state index in [4.69, 9.17) is 13.0 Å². The SMILES string of the molecule is C1C[NH2+]C1.O=S(=O)([O-])C(F)(F)F. The molecule has 8 heteroatoms. The summed E-state index contributed by atoms with van der Waals surface area (Å²) in [6.45, 7) is 2.75. The summed E-state index contributed by atoms with van der Waals surface area (Å²) in [6, 6.07) is 0. The molecule has 0 radical (unpaired) electrons. The van der Waals surface area contributed by atoms with E-state index in [-0.39, 0.29) is 0 Å². The highest BCUT2D eigenvalue weighted by Gasteiger charge is 2.36. The summed E-state index contributed by atoms with van der Waals surface area (Å²) in [7, 11) is -6.09. The number of halogens is 3. The van der Waals surface area contributed by atoms with Crippen LogP contribution in [0, 0.1) is 0 Å². The van der Waals surface area contributed by atoms with Crippen LogP contribution in [-0.4, -0.2) is 31.6 Å². The lowest BCUT2D eigenvalue weighted by atomic mass is 10.3. The Kier molecular flexibility index (Phi) is 3.94. The lowest BCUT2D eigenvalue weighted by Crippen LogP contribution is -2.92. The van der Waals surface area contributed by atoms with Gasteiger partial charge in [0.1, 0.15) is 0 Å². The van der Waals surface area contributed by atoms with Crippen molar-refractivity contribution in [3.63, 3.8) is 0 Å². The highest BCUT2D eigenvalue weighted by Crippen LogP contribution is 2.20. The monoisotopic (exact) mass is 207 g/mol. The second kappa shape index (κ2) is 4.06. The fraction of sp³-hybridized carbons (Fsp3) is 1.00. The van der Waals surface area contributed by atoms with Crippen molar-refractivity contribution in [3.05, 3.63) is 0 Å². The van der Waals surface area contributed by atoms with Gasteiger partial charge in [-0.1, -0.05) is 0 Å². The minimum absolute atomic E-state index is 1.38. The number of rotatable bonds is 0. The number of nitrogens with two attached hydrogens (primary N) is 1. The van der Waals surface area contributed by atoms with Crippen LogP contribution in [0.15, 0.2) is 0 Å². The van der Waals surface area contributed by atoms with E-state index in [0.29, 0.717) is 0 Å². The summed E-state index contributed by atoms with van der Waals surface area (Å²) in [4.78, 5) is 0. The Morgan fingerprint density at radius 3 is 1.42 bits per heavy atom. The van der Waals surface area contributed by atoms with E-state index >= 15 is 0 Å². The molecule has 4 nitrogen and oxygen atoms in total. The molecule has 12 heavy (non-hydrogen) atoms. The van der Waals surface area contributed by atoms with E-state index in [0.717, 1.165) is 0 Å². The predicted octanol–water partition coefficient (Wildman–Crippen LogP) is -0.995. The molecule has 0 aromatic carbocycles. The molecule has 1 saturated heterocycles. The van der Waals surface area contributed by atoms with E-state index in [1.165, 1.54) is 19.5 Å². The molecule has 2 N–H and O–H groups in total. The van der Waals surface area contributed by atoms with Gasteiger partial charge in [0.05, 0.1) is 13.1 Å². The van der Waals surface area contributed by atoms with Crippen LogP contribution in [0.5, 0.6) is 0 Å². The molecule has 0 spiro atoms. The van der Waals surface area contributed by atoms with Crippen LogP contribution in [0.3, 0.4) is 0 Å². The Balaban J connectivity index is 0.000000247. The van der Waals surface area contributed by atoms with Crippen LogP contribution in [0.2, 0.25) is 0 Å². The summed E-state index contributed by atoms with van der Waals surface area (Å²) in [5, 5.41) is 2.31. The maximum Gasteiger partial charge on any atom is 0.485 e. The van der Waals surface area contributed by atoms with Gasteiger partial charge < -0.3 is 9.87 Å². The molecule has 1 rings (SSSR count). The third kappa shape index (κ3) is 4.52. The first kappa shape index (κ1) is 11.7. The summed E-state index contributed by atoms with van der Waals surface area (Å²) in [5.74, 6) is 0. The van der Waals surface area contributed by atoms with Gasteiger partial charge in [0.25, 0.3) is 0 Å². The molecule has 1 fully saturated rings. The van der Waals surface area contributed by atoms with Crippen LogP contribution in [0.1, 0.15) is 6.42 Å². The van der Waals surface area contributed by atoms with Crippen molar-refractivity contribution in [2.24, 2.45) is 0 Å². The Morgan fingerprint density at radius 1 is 1.25 bits per heavy atom. The topological polar surface area (TPSA) is 73.8 Å².